The highest BCUT2D eigenvalue weighted by Gasteiger charge is 2.36. The maximum absolute atomic E-state index is 13.2. The minimum Gasteiger partial charge on any atom is -0.352 e. The lowest BCUT2D eigenvalue weighted by molar-refractivity contribution is -0.144. The number of alkyl halides is 3. The molecule has 29 heavy (non-hydrogen) atoms. The second kappa shape index (κ2) is 7.72. The molecule has 11 heteroatoms. The van der Waals surface area contributed by atoms with Crippen LogP contribution in [0.4, 0.5) is 22.0 Å². The van der Waals surface area contributed by atoms with Crippen molar-refractivity contribution in [2.45, 2.75) is 39.4 Å². The van der Waals surface area contributed by atoms with E-state index in [1.165, 1.54) is 0 Å². The van der Waals surface area contributed by atoms with Gasteiger partial charge in [0.15, 0.2) is 0 Å². The van der Waals surface area contributed by atoms with Crippen LogP contribution in [0, 0.1) is 25.5 Å². The number of benzene rings is 1. The van der Waals surface area contributed by atoms with Crippen LogP contribution in [-0.4, -0.2) is 25.5 Å². The number of hydrogen-bond acceptors (Lipinski definition) is 4. The number of carbonyl (C=O) groups excluding carboxylic acids is 1. The van der Waals surface area contributed by atoms with Crippen LogP contribution in [-0.2, 0) is 23.9 Å². The van der Waals surface area contributed by atoms with Gasteiger partial charge in [-0.05, 0) is 43.5 Å². The van der Waals surface area contributed by atoms with Crippen LogP contribution in [0.3, 0.4) is 0 Å². The topological polar surface area (TPSA) is 72.2 Å². The third-order valence-corrected chi connectivity index (χ3v) is 4.32. The molecule has 0 unspecified atom stereocenters. The number of nitrogens with one attached hydrogen (secondary N) is 1. The summed E-state index contributed by atoms with van der Waals surface area (Å²) in [4.78, 5) is 19.5. The van der Waals surface area contributed by atoms with Crippen LogP contribution in [0.15, 0.2) is 18.2 Å². The summed E-state index contributed by atoms with van der Waals surface area (Å²) in [5.74, 6) is -3.33. The Hall–Kier alpha value is -3.11. The van der Waals surface area contributed by atoms with Gasteiger partial charge in [-0.25, -0.2) is 18.3 Å². The number of amides is 1. The number of nitrogens with zero attached hydrogens (tertiary/aromatic N) is 4. The molecular weight excluding hydrogens is 397 g/mol. The van der Waals surface area contributed by atoms with Crippen LogP contribution in [0.25, 0.3) is 5.78 Å². The lowest BCUT2D eigenvalue weighted by Crippen LogP contribution is -2.23. The third-order valence-electron chi connectivity index (χ3n) is 4.32. The Balaban J connectivity index is 1.70. The zero-order valence-electron chi connectivity index (χ0n) is 15.4. The molecule has 0 bridgehead atoms. The quantitative estimate of drug-likeness (QED) is 0.652. The fourth-order valence-electron chi connectivity index (χ4n) is 2.93. The maximum Gasteiger partial charge on any atom is 0.453 e. The minimum atomic E-state index is -4.69. The van der Waals surface area contributed by atoms with Crippen LogP contribution in [0.5, 0.6) is 0 Å². The molecule has 1 aromatic carbocycles. The van der Waals surface area contributed by atoms with E-state index in [0.29, 0.717) is 17.0 Å². The third kappa shape index (κ3) is 4.66. The first-order valence-electron chi connectivity index (χ1n) is 8.56. The lowest BCUT2D eigenvalue weighted by atomic mass is 10.1. The molecule has 0 saturated heterocycles. The highest BCUT2D eigenvalue weighted by Crippen LogP contribution is 2.27. The van der Waals surface area contributed by atoms with E-state index in [-0.39, 0.29) is 36.6 Å². The van der Waals surface area contributed by atoms with E-state index in [0.717, 1.165) is 22.7 Å². The molecule has 6 nitrogen and oxygen atoms in total. The average Bonchev–Trinajstić information content (AvgIpc) is 3.03. The summed E-state index contributed by atoms with van der Waals surface area (Å²) in [5, 5.41) is 6.00. The summed E-state index contributed by atoms with van der Waals surface area (Å²) in [6.07, 6.45) is -4.48. The van der Waals surface area contributed by atoms with Crippen molar-refractivity contribution >= 4 is 11.7 Å². The number of aryl methyl sites for hydroxylation is 2. The predicted molar refractivity (Wildman–Crippen MR) is 91.8 cm³/mol. The molecule has 1 amide bonds. The molecule has 0 aliphatic carbocycles. The van der Waals surface area contributed by atoms with Crippen molar-refractivity contribution in [3.05, 3.63) is 58.2 Å². The van der Waals surface area contributed by atoms with Gasteiger partial charge in [0.05, 0.1) is 0 Å². The van der Waals surface area contributed by atoms with Gasteiger partial charge in [0.2, 0.25) is 5.91 Å². The van der Waals surface area contributed by atoms with Crippen molar-refractivity contribution in [1.29, 1.82) is 0 Å². The fraction of sp³-hybridized carbons (Fsp3) is 0.333. The summed E-state index contributed by atoms with van der Waals surface area (Å²) < 4.78 is 65.8. The molecular formula is C18H16F5N5O. The van der Waals surface area contributed by atoms with Crippen molar-refractivity contribution in [3.63, 3.8) is 0 Å². The number of halogens is 5. The molecule has 2 aromatic heterocycles. The molecule has 1 N–H and O–H groups in total. The second-order valence-corrected chi connectivity index (χ2v) is 6.46. The Morgan fingerprint density at radius 2 is 1.76 bits per heavy atom. The van der Waals surface area contributed by atoms with E-state index in [2.05, 4.69) is 20.4 Å². The first-order chi connectivity index (χ1) is 13.5. The van der Waals surface area contributed by atoms with Crippen LogP contribution in [0.1, 0.15) is 34.8 Å². The highest BCUT2D eigenvalue weighted by atomic mass is 19.4. The average molecular weight is 413 g/mol. The molecule has 0 spiro atoms. The molecule has 0 saturated carbocycles. The van der Waals surface area contributed by atoms with Gasteiger partial charge in [-0.15, -0.1) is 5.10 Å². The molecule has 0 aliphatic rings. The normalized spacial score (nSPS) is 11.8. The second-order valence-electron chi connectivity index (χ2n) is 6.46. The van der Waals surface area contributed by atoms with Gasteiger partial charge in [-0.3, -0.25) is 4.79 Å². The highest BCUT2D eigenvalue weighted by molar-refractivity contribution is 5.76. The smallest absolute Gasteiger partial charge is 0.352 e. The molecule has 0 aliphatic heterocycles. The van der Waals surface area contributed by atoms with Crippen molar-refractivity contribution in [1.82, 2.24) is 24.9 Å². The SMILES string of the molecule is Cc1nc2nc(C(F)(F)F)nn2c(C)c1CCC(=O)NCc1cc(F)cc(F)c1. The zero-order chi connectivity index (χ0) is 21.3. The summed E-state index contributed by atoms with van der Waals surface area (Å²) in [7, 11) is 0. The summed E-state index contributed by atoms with van der Waals surface area (Å²) >= 11 is 0. The van der Waals surface area contributed by atoms with Crippen LogP contribution in [0.2, 0.25) is 0 Å². The number of carbonyl (C=O) groups is 1. The first kappa shape index (κ1) is 20.6. The Morgan fingerprint density at radius 3 is 2.38 bits per heavy atom. The molecule has 0 fully saturated rings. The van der Waals surface area contributed by atoms with Crippen molar-refractivity contribution < 1.29 is 26.7 Å². The number of hydrogen-bond donors (Lipinski definition) is 1. The first-order valence-corrected chi connectivity index (χ1v) is 8.56. The Bertz CT molecular complexity index is 1060. The Morgan fingerprint density at radius 1 is 1.10 bits per heavy atom. The molecule has 3 aromatic rings. The van der Waals surface area contributed by atoms with E-state index in [1.807, 2.05) is 0 Å². The molecule has 154 valence electrons. The van der Waals surface area contributed by atoms with Crippen molar-refractivity contribution in [2.75, 3.05) is 0 Å². The van der Waals surface area contributed by atoms with Gasteiger partial charge in [0.1, 0.15) is 11.6 Å². The number of rotatable bonds is 5. The van der Waals surface area contributed by atoms with E-state index < -0.39 is 23.6 Å². The largest absolute Gasteiger partial charge is 0.453 e. The number of fused-ring (bicyclic) bond motifs is 1. The van der Waals surface area contributed by atoms with E-state index >= 15 is 0 Å². The van der Waals surface area contributed by atoms with Gasteiger partial charge >= 0.3 is 6.18 Å². The lowest BCUT2D eigenvalue weighted by Gasteiger charge is -2.10. The molecule has 0 radical (unpaired) electrons. The van der Waals surface area contributed by atoms with Gasteiger partial charge in [0, 0.05) is 30.4 Å². The van der Waals surface area contributed by atoms with Crippen molar-refractivity contribution in [2.24, 2.45) is 0 Å². The van der Waals surface area contributed by atoms with Crippen LogP contribution >= 0.6 is 0 Å². The Labute approximate surface area is 161 Å². The molecule has 0 atom stereocenters. The predicted octanol–water partition coefficient (Wildman–Crippen LogP) is 3.29. The summed E-state index contributed by atoms with van der Waals surface area (Å²) in [5.41, 5.74) is 1.68. The maximum atomic E-state index is 13.2. The standard InChI is InChI=1S/C18H16F5N5O/c1-9-14(10(2)28-17(25-9)26-16(27-28)18(21,22)23)3-4-15(29)24-8-11-5-12(19)7-13(20)6-11/h5-7H,3-4,8H2,1-2H3,(H,24,29). The van der Waals surface area contributed by atoms with Gasteiger partial charge < -0.3 is 5.32 Å². The molecule has 3 rings (SSSR count). The van der Waals surface area contributed by atoms with Gasteiger partial charge in [-0.2, -0.15) is 18.2 Å². The summed E-state index contributed by atoms with van der Waals surface area (Å²) in [6.45, 7) is 3.12. The Kier molecular flexibility index (Phi) is 5.49. The minimum absolute atomic E-state index is 0.00743. The number of aromatic nitrogens is 4. The van der Waals surface area contributed by atoms with Gasteiger partial charge in [0.25, 0.3) is 11.6 Å². The van der Waals surface area contributed by atoms with E-state index in [4.69, 9.17) is 0 Å². The monoisotopic (exact) mass is 413 g/mol. The van der Waals surface area contributed by atoms with Crippen LogP contribution < -0.4 is 5.32 Å². The van der Waals surface area contributed by atoms with Crippen molar-refractivity contribution in [3.8, 4) is 0 Å². The van der Waals surface area contributed by atoms with E-state index in [1.54, 1.807) is 13.8 Å². The van der Waals surface area contributed by atoms with Gasteiger partial charge in [-0.1, -0.05) is 0 Å². The fourth-order valence-corrected chi connectivity index (χ4v) is 2.93. The summed E-state index contributed by atoms with van der Waals surface area (Å²) in [6, 6.07) is 2.95. The molecule has 2 heterocycles. The zero-order valence-corrected chi connectivity index (χ0v) is 15.4. The van der Waals surface area contributed by atoms with E-state index in [9.17, 15) is 26.7 Å².